The SMILES string of the molecule is CC(=O)O.CSC.O.[H-].[H-].[Mg+2]. The van der Waals surface area contributed by atoms with Crippen molar-refractivity contribution >= 4 is 40.8 Å². The summed E-state index contributed by atoms with van der Waals surface area (Å²) in [6.07, 6.45) is 4.08. The van der Waals surface area contributed by atoms with Crippen molar-refractivity contribution in [3.63, 3.8) is 0 Å². The first kappa shape index (κ1) is 22.7. The van der Waals surface area contributed by atoms with E-state index in [4.69, 9.17) is 9.90 Å². The number of carboxylic acid groups (broad SMARTS) is 1. The van der Waals surface area contributed by atoms with Crippen LogP contribution in [0.1, 0.15) is 9.78 Å². The van der Waals surface area contributed by atoms with Crippen molar-refractivity contribution in [3.8, 4) is 0 Å². The summed E-state index contributed by atoms with van der Waals surface area (Å²) >= 11 is 1.75. The number of carbonyl (C=O) groups is 1. The third kappa shape index (κ3) is 1230. The van der Waals surface area contributed by atoms with Crippen LogP contribution in [0.3, 0.4) is 0 Å². The Morgan fingerprint density at radius 2 is 1.56 bits per heavy atom. The maximum Gasteiger partial charge on any atom is 2.00 e. The minimum atomic E-state index is -0.833. The van der Waals surface area contributed by atoms with E-state index in [1.165, 1.54) is 0 Å². The van der Waals surface area contributed by atoms with Gasteiger partial charge in [-0.05, 0) is 12.5 Å². The molecule has 0 aromatic carbocycles. The zero-order chi connectivity index (χ0) is 6.28. The molecule has 0 heterocycles. The maximum atomic E-state index is 9.00. The molecule has 0 radical (unpaired) electrons. The molecule has 0 amide bonds. The molecule has 56 valence electrons. The topological polar surface area (TPSA) is 68.8 Å². The van der Waals surface area contributed by atoms with Gasteiger partial charge in [0.1, 0.15) is 0 Å². The molecule has 3 nitrogen and oxygen atoms in total. The molecule has 9 heavy (non-hydrogen) atoms. The van der Waals surface area contributed by atoms with Gasteiger partial charge in [0.15, 0.2) is 0 Å². The van der Waals surface area contributed by atoms with Gasteiger partial charge in [-0.3, -0.25) is 4.79 Å². The fraction of sp³-hybridized carbons (Fsp3) is 0.750. The molecular weight excluding hydrogens is 152 g/mol. The first-order valence-electron chi connectivity index (χ1n) is 1.74. The number of carboxylic acids is 1. The Balaban J connectivity index is -0.00000000848. The molecule has 0 aliphatic heterocycles. The molecular formula is C4H14MgO3S. The van der Waals surface area contributed by atoms with Crippen molar-refractivity contribution in [1.82, 2.24) is 0 Å². The van der Waals surface area contributed by atoms with Crippen LogP contribution in [0, 0.1) is 0 Å². The molecule has 3 N–H and O–H groups in total. The minimum Gasteiger partial charge on any atom is -1.00 e. The number of hydrogen-bond acceptors (Lipinski definition) is 2. The van der Waals surface area contributed by atoms with Gasteiger partial charge in [0, 0.05) is 6.92 Å². The van der Waals surface area contributed by atoms with Crippen LogP contribution in [0.5, 0.6) is 0 Å². The third-order valence-electron chi connectivity index (χ3n) is 0. The summed E-state index contributed by atoms with van der Waals surface area (Å²) in [4.78, 5) is 9.00. The van der Waals surface area contributed by atoms with Crippen LogP contribution in [0.4, 0.5) is 0 Å². The van der Waals surface area contributed by atoms with Gasteiger partial charge in [-0.25, -0.2) is 0 Å². The molecule has 0 bridgehead atoms. The van der Waals surface area contributed by atoms with E-state index in [0.717, 1.165) is 6.92 Å². The summed E-state index contributed by atoms with van der Waals surface area (Å²) in [5.74, 6) is -0.833. The average Bonchev–Trinajstić information content (AvgIpc) is 1.33. The summed E-state index contributed by atoms with van der Waals surface area (Å²) < 4.78 is 0. The van der Waals surface area contributed by atoms with Crippen molar-refractivity contribution in [2.24, 2.45) is 0 Å². The largest absolute Gasteiger partial charge is 2.00 e. The summed E-state index contributed by atoms with van der Waals surface area (Å²) in [5.41, 5.74) is 0. The van der Waals surface area contributed by atoms with Crippen LogP contribution in [-0.4, -0.2) is 52.1 Å². The van der Waals surface area contributed by atoms with Gasteiger partial charge in [-0.15, -0.1) is 0 Å². The average molecular weight is 167 g/mol. The summed E-state index contributed by atoms with van der Waals surface area (Å²) in [6.45, 7) is 1.08. The van der Waals surface area contributed by atoms with Crippen LogP contribution in [-0.2, 0) is 4.79 Å². The molecule has 0 aromatic rings. The molecule has 5 heteroatoms. The van der Waals surface area contributed by atoms with Crippen LogP contribution < -0.4 is 0 Å². The van der Waals surface area contributed by atoms with E-state index in [-0.39, 0.29) is 31.4 Å². The zero-order valence-corrected chi connectivity index (χ0v) is 8.20. The number of thioether (sulfide) groups is 1. The standard InChI is InChI=1S/C2H4O2.C2H6S.Mg.H2O.2H/c1-2(3)4;1-3-2;;;;/h1H3,(H,3,4);1-2H3;;1H2;;/q;;+2;;2*-1. The molecule has 0 saturated carbocycles. The number of rotatable bonds is 0. The third-order valence-corrected chi connectivity index (χ3v) is 0. The fourth-order valence-corrected chi connectivity index (χ4v) is 0. The zero-order valence-electron chi connectivity index (χ0n) is 7.97. The normalized spacial score (nSPS) is 4.78. The second-order valence-corrected chi connectivity index (χ2v) is 1.74. The first-order valence-corrected chi connectivity index (χ1v) is 3.38. The molecule has 0 spiro atoms. The van der Waals surface area contributed by atoms with Gasteiger partial charge in [-0.2, -0.15) is 11.8 Å². The quantitative estimate of drug-likeness (QED) is 0.519. The van der Waals surface area contributed by atoms with E-state index in [0.29, 0.717) is 0 Å². The second kappa shape index (κ2) is 23.5. The Labute approximate surface area is 78.6 Å². The van der Waals surface area contributed by atoms with Crippen molar-refractivity contribution < 1.29 is 18.2 Å². The number of hydrogen-bond donors (Lipinski definition) is 1. The summed E-state index contributed by atoms with van der Waals surface area (Å²) in [5, 5.41) is 7.42. The molecule has 0 aliphatic carbocycles. The summed E-state index contributed by atoms with van der Waals surface area (Å²) in [7, 11) is 0. The summed E-state index contributed by atoms with van der Waals surface area (Å²) in [6, 6.07) is 0. The van der Waals surface area contributed by atoms with Gasteiger partial charge in [0.2, 0.25) is 0 Å². The number of aliphatic carboxylic acids is 1. The van der Waals surface area contributed by atoms with Crippen molar-refractivity contribution in [2.45, 2.75) is 6.92 Å². The van der Waals surface area contributed by atoms with E-state index in [9.17, 15) is 0 Å². The van der Waals surface area contributed by atoms with Gasteiger partial charge < -0.3 is 13.4 Å². The maximum absolute atomic E-state index is 9.00. The molecule has 0 saturated heterocycles. The Morgan fingerprint density at radius 3 is 1.56 bits per heavy atom. The van der Waals surface area contributed by atoms with Crippen molar-refractivity contribution in [1.29, 1.82) is 0 Å². The van der Waals surface area contributed by atoms with Gasteiger partial charge in [0.05, 0.1) is 0 Å². The van der Waals surface area contributed by atoms with E-state index in [2.05, 4.69) is 0 Å². The van der Waals surface area contributed by atoms with Crippen LogP contribution in [0.25, 0.3) is 0 Å². The van der Waals surface area contributed by atoms with Crippen molar-refractivity contribution in [2.75, 3.05) is 12.5 Å². The molecule has 0 aliphatic rings. The van der Waals surface area contributed by atoms with Gasteiger partial charge >= 0.3 is 23.1 Å². The fourth-order valence-electron chi connectivity index (χ4n) is 0. The monoisotopic (exact) mass is 166 g/mol. The van der Waals surface area contributed by atoms with E-state index in [1.807, 2.05) is 12.5 Å². The Hall–Kier alpha value is 0.546. The predicted molar refractivity (Wildman–Crippen MR) is 44.3 cm³/mol. The van der Waals surface area contributed by atoms with Crippen molar-refractivity contribution in [3.05, 3.63) is 0 Å². The second-order valence-electron chi connectivity index (χ2n) is 0.927. The molecule has 0 atom stereocenters. The van der Waals surface area contributed by atoms with Gasteiger partial charge in [-0.1, -0.05) is 0 Å². The smallest absolute Gasteiger partial charge is 1.00 e. The molecule has 0 rings (SSSR count). The van der Waals surface area contributed by atoms with Crippen LogP contribution in [0.2, 0.25) is 0 Å². The van der Waals surface area contributed by atoms with Gasteiger partial charge in [0.25, 0.3) is 5.97 Å². The Morgan fingerprint density at radius 1 is 1.56 bits per heavy atom. The van der Waals surface area contributed by atoms with Crippen LogP contribution >= 0.6 is 11.8 Å². The minimum absolute atomic E-state index is 0. The Bertz CT molecular complexity index is 54.6. The van der Waals surface area contributed by atoms with Crippen LogP contribution in [0.15, 0.2) is 0 Å². The van der Waals surface area contributed by atoms with E-state index in [1.54, 1.807) is 11.8 Å². The Kier molecular flexibility index (Phi) is 59.3. The molecule has 0 unspecified atom stereocenters. The van der Waals surface area contributed by atoms with E-state index < -0.39 is 5.97 Å². The van der Waals surface area contributed by atoms with E-state index >= 15 is 0 Å². The predicted octanol–water partition coefficient (Wildman–Crippen LogP) is 0.0896. The first-order chi connectivity index (χ1) is 3.15. The molecule has 0 aromatic heterocycles. The molecule has 0 fully saturated rings.